The van der Waals surface area contributed by atoms with Crippen molar-refractivity contribution in [1.82, 2.24) is 5.32 Å². The van der Waals surface area contributed by atoms with Crippen molar-refractivity contribution in [3.8, 4) is 0 Å². The van der Waals surface area contributed by atoms with Crippen molar-refractivity contribution in [1.29, 1.82) is 0 Å². The highest BCUT2D eigenvalue weighted by molar-refractivity contribution is 9.10. The van der Waals surface area contributed by atoms with Crippen LogP contribution in [0.25, 0.3) is 0 Å². The van der Waals surface area contributed by atoms with Crippen molar-refractivity contribution in [3.05, 3.63) is 28.2 Å². The van der Waals surface area contributed by atoms with Crippen LogP contribution in [-0.4, -0.2) is 24.2 Å². The number of hydrogen-bond acceptors (Lipinski definition) is 3. The van der Waals surface area contributed by atoms with E-state index in [0.29, 0.717) is 17.8 Å². The summed E-state index contributed by atoms with van der Waals surface area (Å²) in [6.07, 6.45) is 2.89. The van der Waals surface area contributed by atoms with Gasteiger partial charge in [0, 0.05) is 23.3 Å². The normalized spacial score (nSPS) is 16.3. The van der Waals surface area contributed by atoms with Crippen LogP contribution < -0.4 is 11.1 Å². The third-order valence-electron chi connectivity index (χ3n) is 3.48. The number of carbonyl (C=O) groups excluding carboxylic acids is 1. The number of halogens is 1. The van der Waals surface area contributed by atoms with E-state index >= 15 is 0 Å². The molecule has 0 spiro atoms. The molecule has 1 aromatic carbocycles. The second kappa shape index (κ2) is 5.28. The highest BCUT2D eigenvalue weighted by Gasteiger charge is 2.41. The fraction of sp³-hybridized carbons (Fsp3) is 0.462. The molecule has 5 heteroatoms. The van der Waals surface area contributed by atoms with Gasteiger partial charge >= 0.3 is 0 Å². The Morgan fingerprint density at radius 2 is 2.22 bits per heavy atom. The predicted octanol–water partition coefficient (Wildman–Crippen LogP) is 1.92. The highest BCUT2D eigenvalue weighted by Crippen LogP contribution is 2.47. The number of nitrogens with one attached hydrogen (secondary N) is 1. The summed E-state index contributed by atoms with van der Waals surface area (Å²) in [6, 6.07) is 5.23. The van der Waals surface area contributed by atoms with Gasteiger partial charge in [0.15, 0.2) is 0 Å². The molecular formula is C13H17BrN2O2. The Balaban J connectivity index is 1.98. The Morgan fingerprint density at radius 1 is 1.50 bits per heavy atom. The Hall–Kier alpha value is -1.07. The number of carbonyl (C=O) groups is 1. The maximum absolute atomic E-state index is 12.0. The van der Waals surface area contributed by atoms with Crippen LogP contribution in [-0.2, 0) is 0 Å². The van der Waals surface area contributed by atoms with Crippen molar-refractivity contribution < 1.29 is 9.90 Å². The standard InChI is InChI=1S/C13H17BrN2O2/c14-9-1-2-11(15)10(7-9)12(18)16-8-13(3-4-13)5-6-17/h1-2,7,17H,3-6,8,15H2,(H,16,18). The Labute approximate surface area is 115 Å². The highest BCUT2D eigenvalue weighted by atomic mass is 79.9. The molecule has 1 aliphatic carbocycles. The lowest BCUT2D eigenvalue weighted by Crippen LogP contribution is -2.31. The van der Waals surface area contributed by atoms with Crippen molar-refractivity contribution in [2.75, 3.05) is 18.9 Å². The van der Waals surface area contributed by atoms with Gasteiger partial charge in [-0.1, -0.05) is 15.9 Å². The van der Waals surface area contributed by atoms with Gasteiger partial charge in [-0.15, -0.1) is 0 Å². The Morgan fingerprint density at radius 3 is 2.83 bits per heavy atom. The molecule has 1 aliphatic rings. The summed E-state index contributed by atoms with van der Waals surface area (Å²) in [5.74, 6) is -0.155. The number of amides is 1. The maximum Gasteiger partial charge on any atom is 0.253 e. The van der Waals surface area contributed by atoms with Gasteiger partial charge in [-0.05, 0) is 42.9 Å². The largest absolute Gasteiger partial charge is 0.398 e. The molecule has 2 rings (SSSR count). The first-order chi connectivity index (χ1) is 8.56. The molecule has 1 aromatic rings. The molecular weight excluding hydrogens is 296 g/mol. The fourth-order valence-corrected chi connectivity index (χ4v) is 2.38. The van der Waals surface area contributed by atoms with Crippen LogP contribution in [0.4, 0.5) is 5.69 Å². The second-order valence-electron chi connectivity index (χ2n) is 4.89. The molecule has 18 heavy (non-hydrogen) atoms. The number of aliphatic hydroxyl groups excluding tert-OH is 1. The SMILES string of the molecule is Nc1ccc(Br)cc1C(=O)NCC1(CCO)CC1. The predicted molar refractivity (Wildman–Crippen MR) is 74.3 cm³/mol. The van der Waals surface area contributed by atoms with Gasteiger partial charge < -0.3 is 16.2 Å². The number of rotatable bonds is 5. The van der Waals surface area contributed by atoms with Crippen molar-refractivity contribution in [2.45, 2.75) is 19.3 Å². The molecule has 98 valence electrons. The number of anilines is 1. The summed E-state index contributed by atoms with van der Waals surface area (Å²) in [4.78, 5) is 12.0. The summed E-state index contributed by atoms with van der Waals surface area (Å²) in [5, 5.41) is 11.9. The van der Waals surface area contributed by atoms with Gasteiger partial charge in [0.25, 0.3) is 5.91 Å². The van der Waals surface area contributed by atoms with Gasteiger partial charge in [0.2, 0.25) is 0 Å². The minimum atomic E-state index is -0.155. The molecule has 1 saturated carbocycles. The molecule has 0 radical (unpaired) electrons. The molecule has 1 amide bonds. The van der Waals surface area contributed by atoms with Crippen molar-refractivity contribution >= 4 is 27.5 Å². The molecule has 0 heterocycles. The Kier molecular flexibility index (Phi) is 3.92. The van der Waals surface area contributed by atoms with Gasteiger partial charge in [-0.3, -0.25) is 4.79 Å². The van der Waals surface area contributed by atoms with Crippen molar-refractivity contribution in [3.63, 3.8) is 0 Å². The zero-order valence-corrected chi connectivity index (χ0v) is 11.7. The van der Waals surface area contributed by atoms with E-state index in [1.54, 1.807) is 18.2 Å². The number of benzene rings is 1. The van der Waals surface area contributed by atoms with Crippen LogP contribution in [0.5, 0.6) is 0 Å². The smallest absolute Gasteiger partial charge is 0.253 e. The molecule has 4 nitrogen and oxygen atoms in total. The van der Waals surface area contributed by atoms with E-state index in [9.17, 15) is 4.79 Å². The lowest BCUT2D eigenvalue weighted by Gasteiger charge is -2.15. The molecule has 0 aromatic heterocycles. The number of hydrogen-bond donors (Lipinski definition) is 3. The Bertz CT molecular complexity index is 458. The number of nitrogen functional groups attached to an aromatic ring is 1. The second-order valence-corrected chi connectivity index (χ2v) is 5.80. The molecule has 0 atom stereocenters. The number of aliphatic hydroxyl groups is 1. The summed E-state index contributed by atoms with van der Waals surface area (Å²) >= 11 is 3.32. The van der Waals surface area contributed by atoms with Crippen LogP contribution in [0.1, 0.15) is 29.6 Å². The lowest BCUT2D eigenvalue weighted by molar-refractivity contribution is 0.0941. The van der Waals surface area contributed by atoms with Gasteiger partial charge in [-0.25, -0.2) is 0 Å². The minimum absolute atomic E-state index is 0.116. The lowest BCUT2D eigenvalue weighted by atomic mass is 10.0. The van der Waals surface area contributed by atoms with Crippen LogP contribution in [0.2, 0.25) is 0 Å². The van der Waals surface area contributed by atoms with Crippen LogP contribution >= 0.6 is 15.9 Å². The van der Waals surface area contributed by atoms with Gasteiger partial charge in [0.05, 0.1) is 5.56 Å². The molecule has 1 fully saturated rings. The first-order valence-electron chi connectivity index (χ1n) is 6.00. The van der Waals surface area contributed by atoms with Crippen LogP contribution in [0.3, 0.4) is 0 Å². The van der Waals surface area contributed by atoms with Gasteiger partial charge in [0.1, 0.15) is 0 Å². The maximum atomic E-state index is 12.0. The van der Waals surface area contributed by atoms with E-state index in [1.165, 1.54) is 0 Å². The first-order valence-corrected chi connectivity index (χ1v) is 6.80. The average Bonchev–Trinajstić information content (AvgIpc) is 3.10. The van der Waals surface area contributed by atoms with Crippen LogP contribution in [0, 0.1) is 5.41 Å². The minimum Gasteiger partial charge on any atom is -0.398 e. The topological polar surface area (TPSA) is 75.4 Å². The quantitative estimate of drug-likeness (QED) is 0.727. The van der Waals surface area contributed by atoms with E-state index in [-0.39, 0.29) is 17.9 Å². The zero-order valence-electron chi connectivity index (χ0n) is 10.1. The van der Waals surface area contributed by atoms with Crippen molar-refractivity contribution in [2.24, 2.45) is 5.41 Å². The summed E-state index contributed by atoms with van der Waals surface area (Å²) in [7, 11) is 0. The van der Waals surface area contributed by atoms with Crippen LogP contribution in [0.15, 0.2) is 22.7 Å². The fourth-order valence-electron chi connectivity index (χ4n) is 2.02. The summed E-state index contributed by atoms with van der Waals surface area (Å²) in [5.41, 5.74) is 6.86. The van der Waals surface area contributed by atoms with E-state index in [2.05, 4.69) is 21.2 Å². The molecule has 0 bridgehead atoms. The third kappa shape index (κ3) is 3.03. The molecule has 0 unspecified atom stereocenters. The molecule has 0 aliphatic heterocycles. The summed E-state index contributed by atoms with van der Waals surface area (Å²) in [6.45, 7) is 0.785. The first kappa shape index (κ1) is 13.4. The van der Waals surface area contributed by atoms with E-state index < -0.39 is 0 Å². The third-order valence-corrected chi connectivity index (χ3v) is 3.98. The average molecular weight is 313 g/mol. The summed E-state index contributed by atoms with van der Waals surface area (Å²) < 4.78 is 0.832. The van der Waals surface area contributed by atoms with Gasteiger partial charge in [-0.2, -0.15) is 0 Å². The molecule has 4 N–H and O–H groups in total. The monoisotopic (exact) mass is 312 g/mol. The zero-order chi connectivity index (χ0) is 13.2. The van der Waals surface area contributed by atoms with E-state index in [0.717, 1.165) is 23.7 Å². The van der Waals surface area contributed by atoms with E-state index in [1.807, 2.05) is 0 Å². The number of nitrogens with two attached hydrogens (primary N) is 1. The molecule has 0 saturated heterocycles. The van der Waals surface area contributed by atoms with E-state index in [4.69, 9.17) is 10.8 Å².